The summed E-state index contributed by atoms with van der Waals surface area (Å²) in [7, 11) is 0. The standard InChI is InChI=1S/C33H29ClN2O6S/c1-4-40-31(38)22-16-14-21(15-17-22)19-42-26-13-9-6-10-23(26)18-27-30(37)36-29(24-11-7-8-12-25(24)34)28(32(39)41-5-2)20(3)35-33(36)43-27/h6-18,29H,4-5,19H2,1-3H3/b27-18-/t29-/m1/s1. The lowest BCUT2D eigenvalue weighted by Crippen LogP contribution is -2.40. The van der Waals surface area contributed by atoms with Gasteiger partial charge in [-0.2, -0.15) is 0 Å². The van der Waals surface area contributed by atoms with Crippen molar-refractivity contribution >= 4 is 41.0 Å². The molecule has 5 rings (SSSR count). The number of halogens is 1. The molecule has 0 N–H and O–H groups in total. The first-order valence-corrected chi connectivity index (χ1v) is 14.9. The highest BCUT2D eigenvalue weighted by atomic mass is 35.5. The van der Waals surface area contributed by atoms with Gasteiger partial charge in [0.1, 0.15) is 18.4 Å². The van der Waals surface area contributed by atoms with Crippen LogP contribution in [0.2, 0.25) is 5.02 Å². The number of nitrogens with zero attached hydrogens (tertiary/aromatic N) is 2. The molecule has 0 saturated heterocycles. The number of carbonyl (C=O) groups is 2. The highest BCUT2D eigenvalue weighted by Gasteiger charge is 2.34. The maximum Gasteiger partial charge on any atom is 0.338 e. The molecule has 4 aromatic rings. The molecule has 0 fully saturated rings. The average Bonchev–Trinajstić information content (AvgIpc) is 3.30. The minimum Gasteiger partial charge on any atom is -0.488 e. The summed E-state index contributed by atoms with van der Waals surface area (Å²) in [5.41, 5.74) is 3.06. The molecular weight excluding hydrogens is 588 g/mol. The Bertz CT molecular complexity index is 1890. The van der Waals surface area contributed by atoms with Crippen LogP contribution in [0, 0.1) is 0 Å². The van der Waals surface area contributed by atoms with Crippen molar-refractivity contribution in [1.82, 2.24) is 4.57 Å². The summed E-state index contributed by atoms with van der Waals surface area (Å²) in [6.07, 6.45) is 1.76. The first kappa shape index (κ1) is 30.0. The van der Waals surface area contributed by atoms with E-state index in [1.807, 2.05) is 42.5 Å². The molecule has 2 heterocycles. The van der Waals surface area contributed by atoms with Crippen LogP contribution in [0.15, 0.2) is 93.9 Å². The molecule has 0 spiro atoms. The summed E-state index contributed by atoms with van der Waals surface area (Å²) in [5, 5.41) is 0.424. The topological polar surface area (TPSA) is 96.2 Å². The van der Waals surface area contributed by atoms with Crippen LogP contribution in [0.1, 0.15) is 53.9 Å². The number of thiazole rings is 1. The number of ether oxygens (including phenoxy) is 3. The predicted molar refractivity (Wildman–Crippen MR) is 165 cm³/mol. The van der Waals surface area contributed by atoms with Gasteiger partial charge in [-0.1, -0.05) is 71.5 Å². The first-order chi connectivity index (χ1) is 20.8. The van der Waals surface area contributed by atoms with Crippen LogP contribution in [0.3, 0.4) is 0 Å². The summed E-state index contributed by atoms with van der Waals surface area (Å²) in [4.78, 5) is 44.1. The van der Waals surface area contributed by atoms with E-state index in [0.717, 1.165) is 5.56 Å². The highest BCUT2D eigenvalue weighted by molar-refractivity contribution is 7.07. The fraction of sp³-hybridized carbons (Fsp3) is 0.212. The number of fused-ring (bicyclic) bond motifs is 1. The highest BCUT2D eigenvalue weighted by Crippen LogP contribution is 2.34. The maximum atomic E-state index is 14.0. The van der Waals surface area contributed by atoms with Gasteiger partial charge in [0.2, 0.25) is 0 Å². The van der Waals surface area contributed by atoms with Gasteiger partial charge in [-0.05, 0) is 62.2 Å². The number of hydrogen-bond acceptors (Lipinski definition) is 8. The Morgan fingerprint density at radius 2 is 1.63 bits per heavy atom. The molecule has 0 bridgehead atoms. The lowest BCUT2D eigenvalue weighted by molar-refractivity contribution is -0.139. The zero-order valence-electron chi connectivity index (χ0n) is 23.8. The second-order valence-electron chi connectivity index (χ2n) is 9.57. The van der Waals surface area contributed by atoms with Crippen molar-refractivity contribution in [3.05, 3.63) is 131 Å². The van der Waals surface area contributed by atoms with E-state index in [4.69, 9.17) is 25.8 Å². The normalized spacial score (nSPS) is 14.6. The molecule has 1 aliphatic heterocycles. The van der Waals surface area contributed by atoms with E-state index in [1.54, 1.807) is 57.2 Å². The van der Waals surface area contributed by atoms with Gasteiger partial charge in [0, 0.05) is 10.6 Å². The number of carbonyl (C=O) groups excluding carboxylic acids is 2. The number of rotatable bonds is 9. The van der Waals surface area contributed by atoms with Crippen molar-refractivity contribution in [3.63, 3.8) is 0 Å². The van der Waals surface area contributed by atoms with Crippen molar-refractivity contribution in [2.75, 3.05) is 13.2 Å². The number of benzene rings is 3. The quantitative estimate of drug-likeness (QED) is 0.240. The molecule has 3 aromatic carbocycles. The molecule has 10 heteroatoms. The number of allylic oxidation sites excluding steroid dienone is 1. The van der Waals surface area contributed by atoms with E-state index in [-0.39, 0.29) is 30.3 Å². The third-order valence-electron chi connectivity index (χ3n) is 6.78. The molecule has 1 atom stereocenters. The summed E-state index contributed by atoms with van der Waals surface area (Å²) in [6, 6.07) is 20.7. The number of hydrogen-bond donors (Lipinski definition) is 0. The summed E-state index contributed by atoms with van der Waals surface area (Å²) in [5.74, 6) is -0.339. The van der Waals surface area contributed by atoms with Crippen molar-refractivity contribution < 1.29 is 23.8 Å². The van der Waals surface area contributed by atoms with Gasteiger partial charge < -0.3 is 14.2 Å². The third-order valence-corrected chi connectivity index (χ3v) is 8.11. The summed E-state index contributed by atoms with van der Waals surface area (Å²) < 4.78 is 18.4. The van der Waals surface area contributed by atoms with Crippen LogP contribution in [0.4, 0.5) is 0 Å². The number of aromatic nitrogens is 1. The number of para-hydroxylation sites is 1. The van der Waals surface area contributed by atoms with E-state index < -0.39 is 12.0 Å². The van der Waals surface area contributed by atoms with Crippen molar-refractivity contribution in [2.24, 2.45) is 4.99 Å². The molecule has 0 radical (unpaired) electrons. The second-order valence-corrected chi connectivity index (χ2v) is 11.0. The summed E-state index contributed by atoms with van der Waals surface area (Å²) >= 11 is 7.81. The van der Waals surface area contributed by atoms with Crippen molar-refractivity contribution in [1.29, 1.82) is 0 Å². The minimum absolute atomic E-state index is 0.182. The predicted octanol–water partition coefficient (Wildman–Crippen LogP) is 5.21. The Kier molecular flexibility index (Phi) is 9.23. The smallest absolute Gasteiger partial charge is 0.338 e. The van der Waals surface area contributed by atoms with Crippen LogP contribution in [0.25, 0.3) is 6.08 Å². The average molecular weight is 617 g/mol. The van der Waals surface area contributed by atoms with Gasteiger partial charge >= 0.3 is 11.9 Å². The maximum absolute atomic E-state index is 14.0. The minimum atomic E-state index is -0.796. The van der Waals surface area contributed by atoms with Gasteiger partial charge in [-0.25, -0.2) is 14.6 Å². The van der Waals surface area contributed by atoms with E-state index in [1.165, 1.54) is 15.9 Å². The molecule has 0 aliphatic carbocycles. The molecule has 1 aliphatic rings. The van der Waals surface area contributed by atoms with Crippen molar-refractivity contribution in [3.8, 4) is 5.75 Å². The van der Waals surface area contributed by atoms with E-state index in [2.05, 4.69) is 4.99 Å². The van der Waals surface area contributed by atoms with Gasteiger partial charge in [0.05, 0.1) is 34.6 Å². The van der Waals surface area contributed by atoms with Crippen LogP contribution in [-0.4, -0.2) is 29.7 Å². The van der Waals surface area contributed by atoms with E-state index >= 15 is 0 Å². The Balaban J connectivity index is 1.51. The van der Waals surface area contributed by atoms with Crippen LogP contribution in [0.5, 0.6) is 5.75 Å². The molecule has 43 heavy (non-hydrogen) atoms. The Hall–Kier alpha value is -4.47. The van der Waals surface area contributed by atoms with Crippen molar-refractivity contribution in [2.45, 2.75) is 33.4 Å². The molecule has 0 unspecified atom stereocenters. The van der Waals surface area contributed by atoms with Crippen LogP contribution >= 0.6 is 22.9 Å². The van der Waals surface area contributed by atoms with Gasteiger partial charge in [0.15, 0.2) is 4.80 Å². The van der Waals surface area contributed by atoms with E-state index in [0.29, 0.717) is 49.1 Å². The third kappa shape index (κ3) is 6.33. The summed E-state index contributed by atoms with van der Waals surface area (Å²) in [6.45, 7) is 5.97. The van der Waals surface area contributed by atoms with E-state index in [9.17, 15) is 14.4 Å². The lowest BCUT2D eigenvalue weighted by atomic mass is 9.96. The molecule has 220 valence electrons. The van der Waals surface area contributed by atoms with Gasteiger partial charge in [0.25, 0.3) is 5.56 Å². The molecule has 1 aromatic heterocycles. The second kappa shape index (κ2) is 13.2. The fourth-order valence-corrected chi connectivity index (χ4v) is 6.04. The molecule has 8 nitrogen and oxygen atoms in total. The van der Waals surface area contributed by atoms with Crippen LogP contribution in [-0.2, 0) is 20.9 Å². The monoisotopic (exact) mass is 616 g/mol. The van der Waals surface area contributed by atoms with Gasteiger partial charge in [-0.15, -0.1) is 0 Å². The largest absolute Gasteiger partial charge is 0.488 e. The molecule has 0 amide bonds. The van der Waals surface area contributed by atoms with Crippen LogP contribution < -0.4 is 19.6 Å². The molecule has 0 saturated carbocycles. The number of esters is 2. The van der Waals surface area contributed by atoms with Gasteiger partial charge in [-0.3, -0.25) is 9.36 Å². The zero-order chi connectivity index (χ0) is 30.5. The Morgan fingerprint density at radius 1 is 0.953 bits per heavy atom. The first-order valence-electron chi connectivity index (χ1n) is 13.7. The molecular formula is C33H29ClN2O6S. The Labute approximate surface area is 257 Å². The SMILES string of the molecule is CCOC(=O)C1=C(C)N=c2s/c(=C\c3ccccc3OCc3ccc(C(=O)OCC)cc3)c(=O)n2[C@@H]1c1ccccc1Cl. The lowest BCUT2D eigenvalue weighted by Gasteiger charge is -2.25. The zero-order valence-corrected chi connectivity index (χ0v) is 25.4. The Morgan fingerprint density at radius 3 is 2.35 bits per heavy atom. The fourth-order valence-electron chi connectivity index (χ4n) is 4.77.